The Balaban J connectivity index is 0.00000144. The SMILES string of the molecule is CN1CC(C(=O)NC(CN)C2CC2)CC1=O.Cl. The second-order valence-corrected chi connectivity index (χ2v) is 4.86. The highest BCUT2D eigenvalue weighted by atomic mass is 35.5. The number of amides is 2. The number of carbonyl (C=O) groups excluding carboxylic acids is 2. The summed E-state index contributed by atoms with van der Waals surface area (Å²) in [5, 5.41) is 2.97. The van der Waals surface area contributed by atoms with Crippen LogP contribution in [0.1, 0.15) is 19.3 Å². The zero-order chi connectivity index (χ0) is 11.7. The third-order valence-electron chi connectivity index (χ3n) is 3.48. The van der Waals surface area contributed by atoms with E-state index in [-0.39, 0.29) is 36.2 Å². The van der Waals surface area contributed by atoms with E-state index < -0.39 is 0 Å². The zero-order valence-electron chi connectivity index (χ0n) is 10.0. The zero-order valence-corrected chi connectivity index (χ0v) is 10.8. The Morgan fingerprint density at radius 2 is 2.24 bits per heavy atom. The van der Waals surface area contributed by atoms with Gasteiger partial charge in [0.1, 0.15) is 0 Å². The van der Waals surface area contributed by atoms with Crippen LogP contribution in [-0.2, 0) is 9.59 Å². The fourth-order valence-corrected chi connectivity index (χ4v) is 2.21. The Bertz CT molecular complexity index is 307. The molecule has 2 amide bonds. The summed E-state index contributed by atoms with van der Waals surface area (Å²) in [6, 6.07) is 0.105. The molecule has 98 valence electrons. The lowest BCUT2D eigenvalue weighted by Gasteiger charge is -2.18. The van der Waals surface area contributed by atoms with Crippen LogP contribution in [-0.4, -0.2) is 42.9 Å². The fraction of sp³-hybridized carbons (Fsp3) is 0.818. The predicted octanol–water partition coefficient (Wildman–Crippen LogP) is -0.260. The van der Waals surface area contributed by atoms with Crippen molar-refractivity contribution in [3.05, 3.63) is 0 Å². The molecule has 0 aromatic heterocycles. The van der Waals surface area contributed by atoms with Crippen molar-refractivity contribution in [3.63, 3.8) is 0 Å². The standard InChI is InChI=1S/C11H19N3O2.ClH/c1-14-6-8(4-10(14)15)11(16)13-9(5-12)7-2-3-7;/h7-9H,2-6,12H2,1H3,(H,13,16);1H. The summed E-state index contributed by atoms with van der Waals surface area (Å²) in [5.41, 5.74) is 5.62. The van der Waals surface area contributed by atoms with Crippen LogP contribution in [0.15, 0.2) is 0 Å². The van der Waals surface area contributed by atoms with Crippen LogP contribution in [0.25, 0.3) is 0 Å². The van der Waals surface area contributed by atoms with Crippen LogP contribution in [0, 0.1) is 11.8 Å². The van der Waals surface area contributed by atoms with Crippen LogP contribution < -0.4 is 11.1 Å². The molecule has 1 heterocycles. The van der Waals surface area contributed by atoms with Crippen molar-refractivity contribution in [1.82, 2.24) is 10.2 Å². The maximum absolute atomic E-state index is 11.9. The third kappa shape index (κ3) is 3.33. The van der Waals surface area contributed by atoms with Gasteiger partial charge in [0.2, 0.25) is 11.8 Å². The lowest BCUT2D eigenvalue weighted by molar-refractivity contribution is -0.128. The fourth-order valence-electron chi connectivity index (χ4n) is 2.21. The average Bonchev–Trinajstić information content (AvgIpc) is 3.03. The van der Waals surface area contributed by atoms with E-state index in [4.69, 9.17) is 5.73 Å². The number of halogens is 1. The maximum Gasteiger partial charge on any atom is 0.225 e. The van der Waals surface area contributed by atoms with E-state index in [1.165, 1.54) is 0 Å². The highest BCUT2D eigenvalue weighted by Crippen LogP contribution is 2.32. The van der Waals surface area contributed by atoms with Gasteiger partial charge in [0.15, 0.2) is 0 Å². The van der Waals surface area contributed by atoms with E-state index >= 15 is 0 Å². The van der Waals surface area contributed by atoms with Crippen molar-refractivity contribution >= 4 is 24.2 Å². The molecular formula is C11H20ClN3O2. The first-order valence-electron chi connectivity index (χ1n) is 5.86. The second-order valence-electron chi connectivity index (χ2n) is 4.86. The quantitative estimate of drug-likeness (QED) is 0.732. The molecule has 2 atom stereocenters. The lowest BCUT2D eigenvalue weighted by atomic mass is 10.1. The van der Waals surface area contributed by atoms with Gasteiger partial charge in [-0.15, -0.1) is 12.4 Å². The van der Waals surface area contributed by atoms with Crippen molar-refractivity contribution in [2.24, 2.45) is 17.6 Å². The monoisotopic (exact) mass is 261 g/mol. The molecule has 1 aliphatic heterocycles. The molecule has 2 aliphatic rings. The van der Waals surface area contributed by atoms with E-state index in [2.05, 4.69) is 5.32 Å². The largest absolute Gasteiger partial charge is 0.352 e. The third-order valence-corrected chi connectivity index (χ3v) is 3.48. The molecule has 17 heavy (non-hydrogen) atoms. The first-order valence-corrected chi connectivity index (χ1v) is 5.86. The topological polar surface area (TPSA) is 75.4 Å². The summed E-state index contributed by atoms with van der Waals surface area (Å²) < 4.78 is 0. The van der Waals surface area contributed by atoms with Crippen molar-refractivity contribution in [3.8, 4) is 0 Å². The minimum Gasteiger partial charge on any atom is -0.352 e. The van der Waals surface area contributed by atoms with Gasteiger partial charge in [-0.1, -0.05) is 0 Å². The number of nitrogens with two attached hydrogens (primary N) is 1. The van der Waals surface area contributed by atoms with Crippen molar-refractivity contribution in [1.29, 1.82) is 0 Å². The Labute approximate surface area is 108 Å². The lowest BCUT2D eigenvalue weighted by Crippen LogP contribution is -2.44. The molecular weight excluding hydrogens is 242 g/mol. The normalized spacial score (nSPS) is 25.4. The summed E-state index contributed by atoms with van der Waals surface area (Å²) in [5.74, 6) is 0.407. The van der Waals surface area contributed by atoms with E-state index in [9.17, 15) is 9.59 Å². The number of rotatable bonds is 4. The van der Waals surface area contributed by atoms with Gasteiger partial charge in [-0.25, -0.2) is 0 Å². The molecule has 1 saturated carbocycles. The van der Waals surface area contributed by atoms with Gasteiger partial charge >= 0.3 is 0 Å². The number of nitrogens with zero attached hydrogens (tertiary/aromatic N) is 1. The van der Waals surface area contributed by atoms with E-state index in [0.717, 1.165) is 12.8 Å². The van der Waals surface area contributed by atoms with E-state index in [0.29, 0.717) is 25.4 Å². The van der Waals surface area contributed by atoms with Crippen LogP contribution in [0.3, 0.4) is 0 Å². The molecule has 0 aromatic rings. The van der Waals surface area contributed by atoms with Crippen molar-refractivity contribution in [2.75, 3.05) is 20.1 Å². The van der Waals surface area contributed by atoms with Crippen LogP contribution in [0.4, 0.5) is 0 Å². The number of hydrogen-bond donors (Lipinski definition) is 2. The predicted molar refractivity (Wildman–Crippen MR) is 66.7 cm³/mol. The first kappa shape index (κ1) is 14.3. The number of likely N-dealkylation sites (tertiary alicyclic amines) is 1. The summed E-state index contributed by atoms with van der Waals surface area (Å²) in [6.07, 6.45) is 2.65. The number of hydrogen-bond acceptors (Lipinski definition) is 3. The number of carbonyl (C=O) groups is 2. The Hall–Kier alpha value is -0.810. The average molecular weight is 262 g/mol. The molecule has 1 saturated heterocycles. The minimum atomic E-state index is -0.190. The van der Waals surface area contributed by atoms with Crippen LogP contribution in [0.2, 0.25) is 0 Å². The van der Waals surface area contributed by atoms with Gasteiger partial charge < -0.3 is 16.0 Å². The van der Waals surface area contributed by atoms with Gasteiger partial charge in [-0.05, 0) is 18.8 Å². The summed E-state index contributed by atoms with van der Waals surface area (Å²) in [4.78, 5) is 24.8. The molecule has 0 radical (unpaired) electrons. The Kier molecular flexibility index (Phi) is 4.77. The molecule has 0 spiro atoms. The van der Waals surface area contributed by atoms with Gasteiger partial charge in [0.05, 0.1) is 5.92 Å². The molecule has 2 unspecified atom stereocenters. The van der Waals surface area contributed by atoms with Crippen LogP contribution in [0.5, 0.6) is 0 Å². The summed E-state index contributed by atoms with van der Waals surface area (Å²) >= 11 is 0. The van der Waals surface area contributed by atoms with E-state index in [1.807, 2.05) is 0 Å². The van der Waals surface area contributed by atoms with Crippen molar-refractivity contribution < 1.29 is 9.59 Å². The van der Waals surface area contributed by atoms with Gasteiger partial charge in [-0.2, -0.15) is 0 Å². The maximum atomic E-state index is 11.9. The molecule has 3 N–H and O–H groups in total. The molecule has 5 nitrogen and oxygen atoms in total. The first-order chi connectivity index (χ1) is 7.61. The molecule has 1 aliphatic carbocycles. The Morgan fingerprint density at radius 1 is 1.59 bits per heavy atom. The van der Waals surface area contributed by atoms with Gasteiger partial charge in [0, 0.05) is 32.6 Å². The molecule has 0 bridgehead atoms. The van der Waals surface area contributed by atoms with Gasteiger partial charge in [0.25, 0.3) is 0 Å². The van der Waals surface area contributed by atoms with Gasteiger partial charge in [-0.3, -0.25) is 9.59 Å². The second kappa shape index (κ2) is 5.69. The Morgan fingerprint density at radius 3 is 2.65 bits per heavy atom. The highest BCUT2D eigenvalue weighted by Gasteiger charge is 2.36. The number of nitrogens with one attached hydrogen (secondary N) is 1. The molecule has 0 aromatic carbocycles. The molecule has 6 heteroatoms. The summed E-state index contributed by atoms with van der Waals surface area (Å²) in [6.45, 7) is 1.03. The smallest absolute Gasteiger partial charge is 0.225 e. The van der Waals surface area contributed by atoms with Crippen LogP contribution >= 0.6 is 12.4 Å². The van der Waals surface area contributed by atoms with Crippen molar-refractivity contribution in [2.45, 2.75) is 25.3 Å². The highest BCUT2D eigenvalue weighted by molar-refractivity contribution is 5.89. The molecule has 2 fully saturated rings. The summed E-state index contributed by atoms with van der Waals surface area (Å²) in [7, 11) is 1.73. The van der Waals surface area contributed by atoms with E-state index in [1.54, 1.807) is 11.9 Å². The molecule has 2 rings (SSSR count). The minimum absolute atomic E-state index is 0.